The molecule has 2 aliphatic heterocycles. The van der Waals surface area contributed by atoms with Crippen molar-refractivity contribution in [3.05, 3.63) is 58.7 Å². The molecular formula is C29H32ClF3N5O3P. The highest BCUT2D eigenvalue weighted by atomic mass is 35.5. The molecule has 8 nitrogen and oxygen atoms in total. The number of ether oxygens (including phenoxy) is 2. The maximum atomic E-state index is 12.9. The maximum Gasteiger partial charge on any atom is 0.573 e. The zero-order chi connectivity index (χ0) is 29.6. The average Bonchev–Trinajstić information content (AvgIpc) is 3.49. The number of anilines is 4. The van der Waals surface area contributed by atoms with Crippen LogP contribution >= 0.6 is 18.7 Å². The minimum atomic E-state index is -4.87. The average molecular weight is 622 g/mol. The summed E-state index contributed by atoms with van der Waals surface area (Å²) in [6.07, 6.45) is 2.40. The highest BCUT2D eigenvalue weighted by Crippen LogP contribution is 2.41. The fraction of sp³-hybridized carbons (Fsp3) is 0.448. The first-order valence-corrected chi connectivity index (χ1v) is 16.9. The van der Waals surface area contributed by atoms with Gasteiger partial charge in [-0.3, -0.25) is 4.90 Å². The molecule has 3 aliphatic rings. The molecule has 2 bridgehead atoms. The maximum absolute atomic E-state index is 12.9. The van der Waals surface area contributed by atoms with Gasteiger partial charge in [0.05, 0.1) is 24.6 Å². The summed E-state index contributed by atoms with van der Waals surface area (Å²) in [6, 6.07) is 11.1. The molecular weight excluding hydrogens is 590 g/mol. The molecule has 1 aliphatic carbocycles. The number of aryl methyl sites for hydroxylation is 2. The van der Waals surface area contributed by atoms with Crippen LogP contribution in [0.5, 0.6) is 5.75 Å². The summed E-state index contributed by atoms with van der Waals surface area (Å²) in [6.45, 7) is 4.83. The van der Waals surface area contributed by atoms with E-state index in [2.05, 4.69) is 42.4 Å². The van der Waals surface area contributed by atoms with Crippen LogP contribution in [0.3, 0.4) is 0 Å². The number of likely N-dealkylation sites (tertiary alicyclic amines) is 1. The summed E-state index contributed by atoms with van der Waals surface area (Å²) < 4.78 is 61.1. The molecule has 2 aromatic carbocycles. The SMILES string of the molecule is CP(C)(=O)c1cc(OC(F)(F)F)ccc1Nc1nc(Nc2ccc3c(c2)CCC(N2C[C@@H]4C[C@H]2CO4)CC3)ncc1Cl. The van der Waals surface area contributed by atoms with Gasteiger partial charge in [-0.05, 0) is 86.9 Å². The summed E-state index contributed by atoms with van der Waals surface area (Å²) in [5.74, 6) is 0.0466. The number of hydrogen-bond acceptors (Lipinski definition) is 8. The number of aromatic nitrogens is 2. The van der Waals surface area contributed by atoms with Crippen LogP contribution < -0.4 is 20.7 Å². The molecule has 6 rings (SSSR count). The van der Waals surface area contributed by atoms with Crippen LogP contribution in [-0.4, -0.2) is 65.9 Å². The Morgan fingerprint density at radius 3 is 2.55 bits per heavy atom. The largest absolute Gasteiger partial charge is 0.573 e. The quantitative estimate of drug-likeness (QED) is 0.229. The van der Waals surface area contributed by atoms with Crippen LogP contribution in [0.15, 0.2) is 42.6 Å². The third-order valence-corrected chi connectivity index (χ3v) is 9.95. The van der Waals surface area contributed by atoms with E-state index in [1.165, 1.54) is 36.7 Å². The minimum absolute atomic E-state index is 0.173. The number of benzene rings is 2. The van der Waals surface area contributed by atoms with E-state index in [1.807, 2.05) is 6.07 Å². The van der Waals surface area contributed by atoms with Gasteiger partial charge in [0.15, 0.2) is 5.82 Å². The first-order chi connectivity index (χ1) is 19.9. The second kappa shape index (κ2) is 11.3. The predicted octanol–water partition coefficient (Wildman–Crippen LogP) is 6.48. The van der Waals surface area contributed by atoms with Gasteiger partial charge in [-0.15, -0.1) is 13.2 Å². The highest BCUT2D eigenvalue weighted by molar-refractivity contribution is 7.70. The number of rotatable bonds is 7. The molecule has 3 aromatic rings. The fourth-order valence-corrected chi connectivity index (χ4v) is 7.50. The molecule has 0 amide bonds. The lowest BCUT2D eigenvalue weighted by atomic mass is 10.0. The van der Waals surface area contributed by atoms with Crippen molar-refractivity contribution in [3.8, 4) is 5.75 Å². The van der Waals surface area contributed by atoms with Gasteiger partial charge in [0.1, 0.15) is 17.9 Å². The number of nitrogens with one attached hydrogen (secondary N) is 2. The van der Waals surface area contributed by atoms with E-state index in [0.29, 0.717) is 23.9 Å². The molecule has 0 spiro atoms. The molecule has 1 aromatic heterocycles. The van der Waals surface area contributed by atoms with E-state index in [1.54, 1.807) is 0 Å². The van der Waals surface area contributed by atoms with Gasteiger partial charge in [-0.25, -0.2) is 4.98 Å². The predicted molar refractivity (Wildman–Crippen MR) is 158 cm³/mol. The molecule has 2 N–H and O–H groups in total. The van der Waals surface area contributed by atoms with Crippen LogP contribution in [0.1, 0.15) is 30.4 Å². The summed E-state index contributed by atoms with van der Waals surface area (Å²) in [5.41, 5.74) is 3.82. The van der Waals surface area contributed by atoms with Crippen molar-refractivity contribution in [2.24, 2.45) is 0 Å². The van der Waals surface area contributed by atoms with Gasteiger partial charge in [0.2, 0.25) is 5.95 Å². The van der Waals surface area contributed by atoms with Crippen LogP contribution in [0, 0.1) is 0 Å². The second-order valence-electron chi connectivity index (χ2n) is 11.5. The van der Waals surface area contributed by atoms with Crippen molar-refractivity contribution in [2.45, 2.75) is 56.7 Å². The monoisotopic (exact) mass is 621 g/mol. The summed E-state index contributed by atoms with van der Waals surface area (Å²) >= 11 is 6.37. The van der Waals surface area contributed by atoms with Crippen molar-refractivity contribution < 1.29 is 27.2 Å². The molecule has 2 saturated heterocycles. The number of hydrogen-bond donors (Lipinski definition) is 2. The number of halogens is 4. The molecule has 3 heterocycles. The van der Waals surface area contributed by atoms with Gasteiger partial charge in [-0.1, -0.05) is 17.7 Å². The molecule has 42 heavy (non-hydrogen) atoms. The third kappa shape index (κ3) is 6.54. The van der Waals surface area contributed by atoms with Crippen LogP contribution in [0.25, 0.3) is 0 Å². The van der Waals surface area contributed by atoms with E-state index < -0.39 is 19.3 Å². The minimum Gasteiger partial charge on any atom is -0.406 e. The molecule has 2 fully saturated rings. The summed E-state index contributed by atoms with van der Waals surface area (Å²) in [7, 11) is -3.02. The Hall–Kier alpha value is -2.85. The van der Waals surface area contributed by atoms with Crippen molar-refractivity contribution in [1.29, 1.82) is 0 Å². The molecule has 224 valence electrons. The normalized spacial score (nSPS) is 22.5. The van der Waals surface area contributed by atoms with Crippen molar-refractivity contribution in [2.75, 3.05) is 37.1 Å². The second-order valence-corrected chi connectivity index (χ2v) is 15.1. The highest BCUT2D eigenvalue weighted by Gasteiger charge is 2.42. The molecule has 1 unspecified atom stereocenters. The van der Waals surface area contributed by atoms with Gasteiger partial charge < -0.3 is 24.7 Å². The summed E-state index contributed by atoms with van der Waals surface area (Å²) in [4.78, 5) is 11.5. The van der Waals surface area contributed by atoms with Crippen molar-refractivity contribution in [1.82, 2.24) is 14.9 Å². The third-order valence-electron chi connectivity index (χ3n) is 8.15. The Bertz CT molecular complexity index is 1530. The first-order valence-electron chi connectivity index (χ1n) is 13.9. The zero-order valence-corrected chi connectivity index (χ0v) is 24.9. The first kappa shape index (κ1) is 29.2. The van der Waals surface area contributed by atoms with Gasteiger partial charge in [0, 0.05) is 29.6 Å². The van der Waals surface area contributed by atoms with Gasteiger partial charge >= 0.3 is 6.36 Å². The van der Waals surface area contributed by atoms with Crippen LogP contribution in [0.4, 0.5) is 36.3 Å². The number of alkyl halides is 3. The smallest absolute Gasteiger partial charge is 0.406 e. The van der Waals surface area contributed by atoms with Gasteiger partial charge in [-0.2, -0.15) is 4.98 Å². The van der Waals surface area contributed by atoms with E-state index in [4.69, 9.17) is 16.3 Å². The number of morpholine rings is 1. The lowest BCUT2D eigenvalue weighted by Crippen LogP contribution is -2.44. The van der Waals surface area contributed by atoms with Crippen LogP contribution in [-0.2, 0) is 22.1 Å². The Kier molecular flexibility index (Phi) is 7.89. The molecule has 0 saturated carbocycles. The van der Waals surface area contributed by atoms with Crippen molar-refractivity contribution >= 4 is 47.2 Å². The topological polar surface area (TPSA) is 88.6 Å². The Morgan fingerprint density at radius 1 is 1.07 bits per heavy atom. The number of nitrogens with zero attached hydrogens (tertiary/aromatic N) is 3. The van der Waals surface area contributed by atoms with Crippen molar-refractivity contribution in [3.63, 3.8) is 0 Å². The number of fused-ring (bicyclic) bond motifs is 3. The Labute approximate surface area is 247 Å². The summed E-state index contributed by atoms with van der Waals surface area (Å²) in [5, 5.41) is 6.63. The zero-order valence-electron chi connectivity index (χ0n) is 23.2. The van der Waals surface area contributed by atoms with E-state index >= 15 is 0 Å². The lowest BCUT2D eigenvalue weighted by molar-refractivity contribution is -0.274. The Morgan fingerprint density at radius 2 is 1.86 bits per heavy atom. The standard InChI is InChI=1S/C29H32ClF3N5O3P/c1-42(2,39)26-13-22(41-29(31,32)33)9-10-25(26)36-27-24(30)14-34-28(37-27)35-19-6-3-17-4-7-20(8-5-18(17)11-19)38-15-23-12-21(38)16-40-23/h3,6,9-11,13-14,20-21,23H,4-5,7-8,12,15-16H2,1-2H3,(H2,34,35,36,37)/t20?,21-,23-/m0/s1. The fourth-order valence-electron chi connectivity index (χ4n) is 6.21. The molecule has 3 atom stereocenters. The van der Waals surface area contributed by atoms with E-state index in [0.717, 1.165) is 63.1 Å². The Balaban J connectivity index is 1.17. The van der Waals surface area contributed by atoms with E-state index in [9.17, 15) is 17.7 Å². The van der Waals surface area contributed by atoms with E-state index in [-0.39, 0.29) is 22.1 Å². The van der Waals surface area contributed by atoms with Crippen LogP contribution in [0.2, 0.25) is 5.02 Å². The molecule has 0 radical (unpaired) electrons. The lowest BCUT2D eigenvalue weighted by Gasteiger charge is -2.34. The molecule has 13 heteroatoms. The van der Waals surface area contributed by atoms with Gasteiger partial charge in [0.25, 0.3) is 0 Å².